The molecule has 1 rings (SSSR count). The van der Waals surface area contributed by atoms with Crippen molar-refractivity contribution in [3.05, 3.63) is 0 Å². The van der Waals surface area contributed by atoms with Gasteiger partial charge in [-0.1, -0.05) is 20.8 Å². The molecule has 1 aliphatic heterocycles. The number of carboxylic acid groups (broad SMARTS) is 1. The molecule has 1 fully saturated rings. The van der Waals surface area contributed by atoms with Crippen LogP contribution in [0, 0.1) is 5.41 Å². The number of aliphatic carboxylic acids is 1. The van der Waals surface area contributed by atoms with Crippen LogP contribution in [0.3, 0.4) is 0 Å². The molecule has 0 aromatic heterocycles. The summed E-state index contributed by atoms with van der Waals surface area (Å²) in [6.45, 7) is 6.41. The maximum absolute atomic E-state index is 12.5. The lowest BCUT2D eigenvalue weighted by Crippen LogP contribution is -2.48. The number of nitrogens with zero attached hydrogens (tertiary/aromatic N) is 2. The van der Waals surface area contributed by atoms with Crippen LogP contribution in [0.25, 0.3) is 0 Å². The van der Waals surface area contributed by atoms with Gasteiger partial charge in [0.1, 0.15) is 6.04 Å². The third-order valence-electron chi connectivity index (χ3n) is 3.43. The molecule has 0 aromatic rings. The second-order valence-electron chi connectivity index (χ2n) is 6.87. The van der Waals surface area contributed by atoms with Crippen LogP contribution in [-0.2, 0) is 14.4 Å². The molecule has 0 aliphatic carbocycles. The fourth-order valence-corrected chi connectivity index (χ4v) is 3.45. The van der Waals surface area contributed by atoms with Crippen molar-refractivity contribution < 1.29 is 19.5 Å². The number of carbonyl (C=O) groups is 3. The standard InChI is InChI=1S/C15H26N2O4S/c1-15(2,3)8-12(18)17-10-22-9-11(17)14(21)16(4)7-5-6-13(19)20/h11H,5-10H2,1-4H3,(H,19,20). The topological polar surface area (TPSA) is 77.9 Å². The summed E-state index contributed by atoms with van der Waals surface area (Å²) >= 11 is 1.58. The van der Waals surface area contributed by atoms with Gasteiger partial charge in [-0.05, 0) is 11.8 Å². The Bertz CT molecular complexity index is 434. The summed E-state index contributed by atoms with van der Waals surface area (Å²) in [5.74, 6) is 0.207. The first-order chi connectivity index (χ1) is 10.1. The Labute approximate surface area is 136 Å². The average molecular weight is 330 g/mol. The van der Waals surface area contributed by atoms with Crippen LogP contribution in [0.2, 0.25) is 0 Å². The molecule has 0 aromatic carbocycles. The first-order valence-electron chi connectivity index (χ1n) is 7.46. The molecular weight excluding hydrogens is 304 g/mol. The number of rotatable bonds is 6. The molecule has 0 bridgehead atoms. The fourth-order valence-electron chi connectivity index (χ4n) is 2.28. The van der Waals surface area contributed by atoms with Crippen molar-refractivity contribution in [2.75, 3.05) is 25.2 Å². The first-order valence-corrected chi connectivity index (χ1v) is 8.61. The highest BCUT2D eigenvalue weighted by Crippen LogP contribution is 2.27. The van der Waals surface area contributed by atoms with Gasteiger partial charge < -0.3 is 14.9 Å². The largest absolute Gasteiger partial charge is 0.481 e. The SMILES string of the molecule is CN(CCCC(=O)O)C(=O)C1CSCN1C(=O)CC(C)(C)C. The predicted molar refractivity (Wildman–Crippen MR) is 86.5 cm³/mol. The Kier molecular flexibility index (Phi) is 6.71. The van der Waals surface area contributed by atoms with Gasteiger partial charge in [0.15, 0.2) is 0 Å². The van der Waals surface area contributed by atoms with E-state index >= 15 is 0 Å². The third kappa shape index (κ3) is 5.87. The molecule has 1 heterocycles. The van der Waals surface area contributed by atoms with E-state index in [0.717, 1.165) is 0 Å². The molecular formula is C15H26N2O4S. The van der Waals surface area contributed by atoms with Crippen LogP contribution in [0.15, 0.2) is 0 Å². The number of carbonyl (C=O) groups excluding carboxylic acids is 2. The lowest BCUT2D eigenvalue weighted by molar-refractivity contribution is -0.143. The maximum Gasteiger partial charge on any atom is 0.303 e. The Morgan fingerprint density at radius 1 is 1.32 bits per heavy atom. The summed E-state index contributed by atoms with van der Waals surface area (Å²) in [6.07, 6.45) is 0.886. The van der Waals surface area contributed by atoms with Gasteiger partial charge in [0.25, 0.3) is 0 Å². The second kappa shape index (κ2) is 7.85. The van der Waals surface area contributed by atoms with Gasteiger partial charge in [-0.25, -0.2) is 0 Å². The Morgan fingerprint density at radius 2 is 1.95 bits per heavy atom. The van der Waals surface area contributed by atoms with E-state index in [1.807, 2.05) is 20.8 Å². The molecule has 6 nitrogen and oxygen atoms in total. The zero-order valence-corrected chi connectivity index (χ0v) is 14.6. The lowest BCUT2D eigenvalue weighted by atomic mass is 9.91. The van der Waals surface area contributed by atoms with Crippen molar-refractivity contribution in [1.82, 2.24) is 9.80 Å². The first kappa shape index (κ1) is 18.8. The highest BCUT2D eigenvalue weighted by molar-refractivity contribution is 7.99. The maximum atomic E-state index is 12.5. The molecule has 2 amide bonds. The zero-order valence-electron chi connectivity index (χ0n) is 13.8. The molecule has 1 N–H and O–H groups in total. The lowest BCUT2D eigenvalue weighted by Gasteiger charge is -2.29. The summed E-state index contributed by atoms with van der Waals surface area (Å²) in [7, 11) is 1.67. The summed E-state index contributed by atoms with van der Waals surface area (Å²) in [4.78, 5) is 38.6. The minimum atomic E-state index is -0.862. The zero-order chi connectivity index (χ0) is 16.9. The third-order valence-corrected chi connectivity index (χ3v) is 4.44. The van der Waals surface area contributed by atoms with Gasteiger partial charge >= 0.3 is 5.97 Å². The smallest absolute Gasteiger partial charge is 0.303 e. The normalized spacial score (nSPS) is 18.4. The van der Waals surface area contributed by atoms with Crippen LogP contribution in [0.4, 0.5) is 0 Å². The van der Waals surface area contributed by atoms with Crippen LogP contribution < -0.4 is 0 Å². The summed E-state index contributed by atoms with van der Waals surface area (Å²) in [5.41, 5.74) is -0.106. The number of likely N-dealkylation sites (N-methyl/N-ethyl adjacent to an activating group) is 1. The van der Waals surface area contributed by atoms with Gasteiger partial charge in [0.05, 0.1) is 5.88 Å². The highest BCUT2D eigenvalue weighted by atomic mass is 32.2. The molecule has 0 radical (unpaired) electrons. The van der Waals surface area contributed by atoms with E-state index in [2.05, 4.69) is 0 Å². The molecule has 1 aliphatic rings. The summed E-state index contributed by atoms with van der Waals surface area (Å²) in [6, 6.07) is -0.422. The monoisotopic (exact) mass is 330 g/mol. The van der Waals surface area contributed by atoms with Crippen LogP contribution in [-0.4, -0.2) is 64.0 Å². The van der Waals surface area contributed by atoms with Crippen LogP contribution in [0.5, 0.6) is 0 Å². The van der Waals surface area contributed by atoms with E-state index < -0.39 is 12.0 Å². The number of thioether (sulfide) groups is 1. The minimum absolute atomic E-state index is 0.00906. The summed E-state index contributed by atoms with van der Waals surface area (Å²) < 4.78 is 0. The van der Waals surface area contributed by atoms with E-state index in [4.69, 9.17) is 5.11 Å². The number of hydrogen-bond acceptors (Lipinski definition) is 4. The molecule has 0 saturated carbocycles. The van der Waals surface area contributed by atoms with Crippen molar-refractivity contribution in [2.24, 2.45) is 5.41 Å². The van der Waals surface area contributed by atoms with Crippen molar-refractivity contribution >= 4 is 29.5 Å². The average Bonchev–Trinajstić information content (AvgIpc) is 2.84. The molecule has 126 valence electrons. The molecule has 1 unspecified atom stereocenters. The van der Waals surface area contributed by atoms with Gasteiger partial charge in [-0.15, -0.1) is 11.8 Å². The van der Waals surface area contributed by atoms with Crippen molar-refractivity contribution in [3.8, 4) is 0 Å². The highest BCUT2D eigenvalue weighted by Gasteiger charge is 2.37. The van der Waals surface area contributed by atoms with Crippen molar-refractivity contribution in [3.63, 3.8) is 0 Å². The van der Waals surface area contributed by atoms with Crippen LogP contribution >= 0.6 is 11.8 Å². The predicted octanol–water partition coefficient (Wildman–Crippen LogP) is 1.65. The number of carboxylic acids is 1. The minimum Gasteiger partial charge on any atom is -0.481 e. The van der Waals surface area contributed by atoms with E-state index in [9.17, 15) is 14.4 Å². The van der Waals surface area contributed by atoms with Gasteiger partial charge in [0, 0.05) is 32.2 Å². The molecule has 1 atom stereocenters. The van der Waals surface area contributed by atoms with Crippen molar-refractivity contribution in [1.29, 1.82) is 0 Å². The Balaban J connectivity index is 2.59. The molecule has 7 heteroatoms. The quantitative estimate of drug-likeness (QED) is 0.801. The molecule has 0 spiro atoms. The molecule has 1 saturated heterocycles. The van der Waals surface area contributed by atoms with Gasteiger partial charge in [0.2, 0.25) is 11.8 Å². The number of amides is 2. The number of hydrogen-bond donors (Lipinski definition) is 1. The summed E-state index contributed by atoms with van der Waals surface area (Å²) in [5, 5.41) is 8.64. The van der Waals surface area contributed by atoms with E-state index in [1.165, 1.54) is 4.90 Å². The second-order valence-corrected chi connectivity index (χ2v) is 7.87. The Morgan fingerprint density at radius 3 is 2.50 bits per heavy atom. The van der Waals surface area contributed by atoms with E-state index in [0.29, 0.717) is 31.0 Å². The fraction of sp³-hybridized carbons (Fsp3) is 0.800. The van der Waals surface area contributed by atoms with Gasteiger partial charge in [-0.3, -0.25) is 14.4 Å². The van der Waals surface area contributed by atoms with E-state index in [-0.39, 0.29) is 23.7 Å². The van der Waals surface area contributed by atoms with Gasteiger partial charge in [-0.2, -0.15) is 0 Å². The van der Waals surface area contributed by atoms with Crippen LogP contribution in [0.1, 0.15) is 40.0 Å². The Hall–Kier alpha value is -1.24. The van der Waals surface area contributed by atoms with Crippen molar-refractivity contribution in [2.45, 2.75) is 46.1 Å². The molecule has 22 heavy (non-hydrogen) atoms. The van der Waals surface area contributed by atoms with E-state index in [1.54, 1.807) is 23.7 Å².